The third-order valence-corrected chi connectivity index (χ3v) is 3.20. The van der Waals surface area contributed by atoms with Crippen molar-refractivity contribution in [2.45, 2.75) is 13.3 Å². The summed E-state index contributed by atoms with van der Waals surface area (Å²) in [5.74, 6) is 1.36. The molecule has 3 heteroatoms. The van der Waals surface area contributed by atoms with Gasteiger partial charge >= 0.3 is 0 Å². The zero-order chi connectivity index (χ0) is 14.5. The van der Waals surface area contributed by atoms with Crippen molar-refractivity contribution in [2.24, 2.45) is 0 Å². The van der Waals surface area contributed by atoms with E-state index in [0.717, 1.165) is 16.9 Å². The van der Waals surface area contributed by atoms with Crippen LogP contribution in [0.3, 0.4) is 0 Å². The van der Waals surface area contributed by atoms with Crippen LogP contribution in [0.25, 0.3) is 0 Å². The summed E-state index contributed by atoms with van der Waals surface area (Å²) in [6.45, 7) is 1.96. The van der Waals surface area contributed by atoms with Crippen molar-refractivity contribution < 1.29 is 14.3 Å². The molecule has 0 unspecified atom stereocenters. The van der Waals surface area contributed by atoms with E-state index in [2.05, 4.69) is 0 Å². The lowest BCUT2D eigenvalue weighted by atomic mass is 10.00. The predicted octanol–water partition coefficient (Wildman–Crippen LogP) is 3.44. The van der Waals surface area contributed by atoms with E-state index in [4.69, 9.17) is 9.47 Å². The lowest BCUT2D eigenvalue weighted by molar-refractivity contribution is 0.0989. The van der Waals surface area contributed by atoms with Gasteiger partial charge in [-0.1, -0.05) is 29.8 Å². The Morgan fingerprint density at radius 2 is 1.70 bits per heavy atom. The van der Waals surface area contributed by atoms with Gasteiger partial charge in [0.05, 0.1) is 19.8 Å². The topological polar surface area (TPSA) is 35.5 Å². The number of hydrogen-bond acceptors (Lipinski definition) is 3. The summed E-state index contributed by atoms with van der Waals surface area (Å²) >= 11 is 0. The molecule has 0 aliphatic rings. The molecule has 0 radical (unpaired) electrons. The zero-order valence-electron chi connectivity index (χ0n) is 12.0. The van der Waals surface area contributed by atoms with E-state index < -0.39 is 0 Å². The van der Waals surface area contributed by atoms with Crippen molar-refractivity contribution in [1.82, 2.24) is 0 Å². The van der Waals surface area contributed by atoms with Crippen molar-refractivity contribution in [3.8, 4) is 11.5 Å². The Hall–Kier alpha value is -2.29. The summed E-state index contributed by atoms with van der Waals surface area (Å²) < 4.78 is 10.5. The number of rotatable bonds is 5. The van der Waals surface area contributed by atoms with Gasteiger partial charge in [0, 0.05) is 12.0 Å². The minimum Gasteiger partial charge on any atom is -0.496 e. The highest BCUT2D eigenvalue weighted by molar-refractivity contribution is 6.00. The number of carbonyl (C=O) groups excluding carboxylic acids is 1. The van der Waals surface area contributed by atoms with E-state index in [1.54, 1.807) is 14.2 Å². The second kappa shape index (κ2) is 6.24. The summed E-state index contributed by atoms with van der Waals surface area (Å²) in [4.78, 5) is 12.5. The summed E-state index contributed by atoms with van der Waals surface area (Å²) in [6.07, 6.45) is 0.295. The molecule has 0 aliphatic carbocycles. The second-order valence-electron chi connectivity index (χ2n) is 4.62. The van der Waals surface area contributed by atoms with Crippen molar-refractivity contribution >= 4 is 5.78 Å². The fraction of sp³-hybridized carbons (Fsp3) is 0.235. The van der Waals surface area contributed by atoms with Gasteiger partial charge < -0.3 is 9.47 Å². The van der Waals surface area contributed by atoms with Gasteiger partial charge in [-0.3, -0.25) is 4.79 Å². The number of ether oxygens (including phenoxy) is 2. The van der Waals surface area contributed by atoms with Crippen LogP contribution in [0.5, 0.6) is 11.5 Å². The van der Waals surface area contributed by atoms with Crippen LogP contribution in [0.1, 0.15) is 21.5 Å². The molecular weight excluding hydrogens is 252 g/mol. The molecule has 0 aromatic heterocycles. The van der Waals surface area contributed by atoms with Gasteiger partial charge in [0.15, 0.2) is 5.78 Å². The molecule has 0 saturated heterocycles. The van der Waals surface area contributed by atoms with Gasteiger partial charge in [0.2, 0.25) is 0 Å². The normalized spacial score (nSPS) is 10.2. The maximum Gasteiger partial charge on any atom is 0.171 e. The number of methoxy groups -OCH3 is 2. The van der Waals surface area contributed by atoms with Crippen LogP contribution < -0.4 is 9.47 Å². The average molecular weight is 270 g/mol. The molecule has 2 aromatic rings. The Morgan fingerprint density at radius 3 is 2.40 bits per heavy atom. The van der Waals surface area contributed by atoms with Crippen LogP contribution in [-0.4, -0.2) is 20.0 Å². The van der Waals surface area contributed by atoms with Crippen molar-refractivity contribution in [3.63, 3.8) is 0 Å². The molecule has 0 saturated carbocycles. The molecule has 0 amide bonds. The van der Waals surface area contributed by atoms with Gasteiger partial charge in [-0.15, -0.1) is 0 Å². The summed E-state index contributed by atoms with van der Waals surface area (Å²) in [5, 5.41) is 0. The van der Waals surface area contributed by atoms with E-state index in [-0.39, 0.29) is 5.78 Å². The minimum atomic E-state index is 0.0232. The van der Waals surface area contributed by atoms with Crippen molar-refractivity contribution in [2.75, 3.05) is 14.2 Å². The van der Waals surface area contributed by atoms with Gasteiger partial charge in [-0.2, -0.15) is 0 Å². The molecule has 0 N–H and O–H groups in total. The molecule has 0 spiro atoms. The maximum absolute atomic E-state index is 12.5. The first-order valence-electron chi connectivity index (χ1n) is 6.45. The number of para-hydroxylation sites is 1. The Morgan fingerprint density at radius 1 is 1.00 bits per heavy atom. The Bertz CT molecular complexity index is 617. The van der Waals surface area contributed by atoms with E-state index in [1.165, 1.54) is 0 Å². The molecule has 20 heavy (non-hydrogen) atoms. The van der Waals surface area contributed by atoms with E-state index in [9.17, 15) is 4.79 Å². The van der Waals surface area contributed by atoms with E-state index in [0.29, 0.717) is 17.7 Å². The molecule has 0 aliphatic heterocycles. The molecule has 0 atom stereocenters. The van der Waals surface area contributed by atoms with Crippen LogP contribution in [-0.2, 0) is 6.42 Å². The molecule has 0 fully saturated rings. The summed E-state index contributed by atoms with van der Waals surface area (Å²) in [6, 6.07) is 13.2. The van der Waals surface area contributed by atoms with Crippen molar-refractivity contribution in [3.05, 3.63) is 59.2 Å². The van der Waals surface area contributed by atoms with Crippen LogP contribution in [0.15, 0.2) is 42.5 Å². The molecule has 3 nitrogen and oxygen atoms in total. The van der Waals surface area contributed by atoms with E-state index >= 15 is 0 Å². The smallest absolute Gasteiger partial charge is 0.171 e. The quantitative estimate of drug-likeness (QED) is 0.781. The first-order chi connectivity index (χ1) is 9.65. The van der Waals surface area contributed by atoms with Gasteiger partial charge in [0.1, 0.15) is 11.5 Å². The van der Waals surface area contributed by atoms with Gasteiger partial charge in [0.25, 0.3) is 0 Å². The SMILES string of the molecule is COc1ccccc1CC(=O)c1cc(C)ccc1OC. The minimum absolute atomic E-state index is 0.0232. The monoisotopic (exact) mass is 270 g/mol. The molecule has 104 valence electrons. The first kappa shape index (κ1) is 14.1. The van der Waals surface area contributed by atoms with Crippen LogP contribution in [0, 0.1) is 6.92 Å². The molecule has 0 heterocycles. The molecular formula is C17H18O3. The zero-order valence-corrected chi connectivity index (χ0v) is 12.0. The number of hydrogen-bond donors (Lipinski definition) is 0. The summed E-state index contributed by atoms with van der Waals surface area (Å²) in [5.41, 5.74) is 2.52. The fourth-order valence-electron chi connectivity index (χ4n) is 2.16. The van der Waals surface area contributed by atoms with Crippen molar-refractivity contribution in [1.29, 1.82) is 0 Å². The highest BCUT2D eigenvalue weighted by Gasteiger charge is 2.15. The van der Waals surface area contributed by atoms with E-state index in [1.807, 2.05) is 49.4 Å². The third kappa shape index (κ3) is 2.99. The fourth-order valence-corrected chi connectivity index (χ4v) is 2.16. The number of carbonyl (C=O) groups is 1. The Labute approximate surface area is 119 Å². The standard InChI is InChI=1S/C17H18O3/c1-12-8-9-17(20-3)14(10-12)15(18)11-13-6-4-5-7-16(13)19-2/h4-10H,11H2,1-3H3. The lowest BCUT2D eigenvalue weighted by Gasteiger charge is -2.10. The lowest BCUT2D eigenvalue weighted by Crippen LogP contribution is -2.07. The highest BCUT2D eigenvalue weighted by Crippen LogP contribution is 2.24. The Balaban J connectivity index is 2.30. The second-order valence-corrected chi connectivity index (χ2v) is 4.62. The third-order valence-electron chi connectivity index (χ3n) is 3.20. The van der Waals surface area contributed by atoms with Crippen LogP contribution >= 0.6 is 0 Å². The highest BCUT2D eigenvalue weighted by atomic mass is 16.5. The van der Waals surface area contributed by atoms with Gasteiger partial charge in [-0.25, -0.2) is 0 Å². The van der Waals surface area contributed by atoms with Crippen LogP contribution in [0.4, 0.5) is 0 Å². The molecule has 0 bridgehead atoms. The average Bonchev–Trinajstić information content (AvgIpc) is 2.47. The maximum atomic E-state index is 12.5. The number of benzene rings is 2. The van der Waals surface area contributed by atoms with Crippen LogP contribution in [0.2, 0.25) is 0 Å². The molecule has 2 aromatic carbocycles. The Kier molecular flexibility index (Phi) is 4.41. The number of ketones is 1. The summed E-state index contributed by atoms with van der Waals surface area (Å²) in [7, 11) is 3.18. The largest absolute Gasteiger partial charge is 0.496 e. The predicted molar refractivity (Wildman–Crippen MR) is 78.8 cm³/mol. The number of Topliss-reactive ketones (excluding diaryl/α,β-unsaturated/α-hetero) is 1. The molecule has 2 rings (SSSR count). The number of aryl methyl sites for hydroxylation is 1. The first-order valence-corrected chi connectivity index (χ1v) is 6.45. The van der Waals surface area contributed by atoms with Gasteiger partial charge in [-0.05, 0) is 25.1 Å².